The molecule has 0 amide bonds. The number of benzene rings is 1. The van der Waals surface area contributed by atoms with Gasteiger partial charge in [0.25, 0.3) is 0 Å². The van der Waals surface area contributed by atoms with Gasteiger partial charge in [0, 0.05) is 11.6 Å². The topological polar surface area (TPSA) is 12.0 Å². The summed E-state index contributed by atoms with van der Waals surface area (Å²) in [5.74, 6) is 1.21. The van der Waals surface area contributed by atoms with Gasteiger partial charge >= 0.3 is 0 Å². The van der Waals surface area contributed by atoms with Gasteiger partial charge in [-0.25, -0.2) is 4.39 Å². The highest BCUT2D eigenvalue weighted by atomic mass is 79.9. The normalized spacial score (nSPS) is 24.6. The predicted molar refractivity (Wildman–Crippen MR) is 86.3 cm³/mol. The van der Waals surface area contributed by atoms with Crippen LogP contribution in [0.25, 0.3) is 0 Å². The van der Waals surface area contributed by atoms with Gasteiger partial charge in [0.2, 0.25) is 0 Å². The minimum Gasteiger partial charge on any atom is -0.310 e. The van der Waals surface area contributed by atoms with Gasteiger partial charge in [-0.2, -0.15) is 0 Å². The smallest absolute Gasteiger partial charge is 0.142 e. The average molecular weight is 342 g/mol. The highest BCUT2D eigenvalue weighted by Crippen LogP contribution is 2.38. The van der Waals surface area contributed by atoms with E-state index in [9.17, 15) is 4.39 Å². The summed E-state index contributed by atoms with van der Waals surface area (Å²) in [5.41, 5.74) is 0.826. The van der Waals surface area contributed by atoms with Crippen molar-refractivity contribution in [3.8, 4) is 0 Å². The summed E-state index contributed by atoms with van der Waals surface area (Å²) < 4.78 is 15.0. The lowest BCUT2D eigenvalue weighted by molar-refractivity contribution is 0.220. The molecule has 0 aromatic heterocycles. The molecular formula is C17H25BrFN. The number of rotatable bonds is 5. The third-order valence-corrected chi connectivity index (χ3v) is 4.99. The molecule has 112 valence electrons. The van der Waals surface area contributed by atoms with Crippen molar-refractivity contribution in [1.29, 1.82) is 0 Å². The van der Waals surface area contributed by atoms with Gasteiger partial charge in [0.05, 0.1) is 4.47 Å². The fraction of sp³-hybridized carbons (Fsp3) is 0.647. The Morgan fingerprint density at radius 2 is 2.20 bits per heavy atom. The lowest BCUT2D eigenvalue weighted by Crippen LogP contribution is -2.32. The minimum atomic E-state index is -0.0978. The largest absolute Gasteiger partial charge is 0.310 e. The standard InChI is InChI=1S/C17H25BrFN/c1-3-10-20-17(13-7-4-6-12(2)11-13)14-8-5-9-15(18)16(14)19/h5,8-9,12-13,17,20H,3-4,6-7,10-11H2,1-2H3. The van der Waals surface area contributed by atoms with E-state index < -0.39 is 0 Å². The zero-order valence-corrected chi connectivity index (χ0v) is 14.0. The van der Waals surface area contributed by atoms with Crippen LogP contribution in [0.15, 0.2) is 22.7 Å². The van der Waals surface area contributed by atoms with Crippen LogP contribution in [0.1, 0.15) is 57.6 Å². The maximum Gasteiger partial charge on any atom is 0.142 e. The summed E-state index contributed by atoms with van der Waals surface area (Å²) in [7, 11) is 0. The first-order chi connectivity index (χ1) is 9.63. The molecular weight excluding hydrogens is 317 g/mol. The van der Waals surface area contributed by atoms with Gasteiger partial charge in [0.1, 0.15) is 5.82 Å². The van der Waals surface area contributed by atoms with Gasteiger partial charge in [-0.05, 0) is 59.6 Å². The SMILES string of the molecule is CCCNC(c1cccc(Br)c1F)C1CCCC(C)C1. The van der Waals surface area contributed by atoms with Crippen molar-refractivity contribution < 1.29 is 4.39 Å². The molecule has 0 radical (unpaired) electrons. The second kappa shape index (κ2) is 7.56. The molecule has 2 rings (SSSR count). The van der Waals surface area contributed by atoms with Crippen molar-refractivity contribution in [2.75, 3.05) is 6.54 Å². The van der Waals surface area contributed by atoms with Crippen molar-refractivity contribution in [2.45, 2.75) is 52.0 Å². The maximum absolute atomic E-state index is 14.4. The first kappa shape index (κ1) is 16.0. The second-order valence-corrected chi connectivity index (χ2v) is 6.96. The summed E-state index contributed by atoms with van der Waals surface area (Å²) in [6.07, 6.45) is 6.07. The molecule has 1 nitrogen and oxygen atoms in total. The van der Waals surface area contributed by atoms with Crippen LogP contribution in [0.4, 0.5) is 4.39 Å². The summed E-state index contributed by atoms with van der Waals surface area (Å²) in [6.45, 7) is 5.42. The molecule has 1 fully saturated rings. The summed E-state index contributed by atoms with van der Waals surface area (Å²) in [6, 6.07) is 5.80. The molecule has 0 heterocycles. The monoisotopic (exact) mass is 341 g/mol. The number of halogens is 2. The van der Waals surface area contributed by atoms with Crippen LogP contribution in [0.5, 0.6) is 0 Å². The van der Waals surface area contributed by atoms with Crippen molar-refractivity contribution in [2.24, 2.45) is 11.8 Å². The fourth-order valence-electron chi connectivity index (χ4n) is 3.37. The van der Waals surface area contributed by atoms with Crippen LogP contribution in [-0.4, -0.2) is 6.54 Å². The molecule has 0 saturated heterocycles. The van der Waals surface area contributed by atoms with Crippen molar-refractivity contribution in [1.82, 2.24) is 5.32 Å². The van der Waals surface area contributed by atoms with Crippen LogP contribution in [0.2, 0.25) is 0 Å². The predicted octanol–water partition coefficient (Wildman–Crippen LogP) is 5.46. The highest BCUT2D eigenvalue weighted by Gasteiger charge is 2.29. The molecule has 0 aliphatic heterocycles. The average Bonchev–Trinajstić information content (AvgIpc) is 2.44. The number of nitrogens with one attached hydrogen (secondary N) is 1. The van der Waals surface area contributed by atoms with Crippen LogP contribution < -0.4 is 5.32 Å². The highest BCUT2D eigenvalue weighted by molar-refractivity contribution is 9.10. The Morgan fingerprint density at radius 1 is 1.40 bits per heavy atom. The van der Waals surface area contributed by atoms with E-state index in [1.807, 2.05) is 12.1 Å². The quantitative estimate of drug-likeness (QED) is 0.750. The molecule has 1 N–H and O–H groups in total. The summed E-state index contributed by atoms with van der Waals surface area (Å²) in [5, 5.41) is 3.58. The zero-order valence-electron chi connectivity index (χ0n) is 12.5. The van der Waals surface area contributed by atoms with E-state index in [0.29, 0.717) is 10.4 Å². The Kier molecular flexibility index (Phi) is 6.03. The van der Waals surface area contributed by atoms with E-state index in [4.69, 9.17) is 0 Å². The van der Waals surface area contributed by atoms with E-state index in [1.54, 1.807) is 6.07 Å². The van der Waals surface area contributed by atoms with Gasteiger partial charge in [0.15, 0.2) is 0 Å². The second-order valence-electron chi connectivity index (χ2n) is 6.11. The third-order valence-electron chi connectivity index (χ3n) is 4.38. The van der Waals surface area contributed by atoms with Crippen LogP contribution in [0, 0.1) is 17.7 Å². The molecule has 1 aromatic carbocycles. The first-order valence-electron chi connectivity index (χ1n) is 7.80. The Bertz CT molecular complexity index is 435. The molecule has 3 unspecified atom stereocenters. The molecule has 1 saturated carbocycles. The van der Waals surface area contributed by atoms with Crippen molar-refractivity contribution >= 4 is 15.9 Å². The molecule has 1 aliphatic carbocycles. The molecule has 0 spiro atoms. The van der Waals surface area contributed by atoms with E-state index in [0.717, 1.165) is 24.4 Å². The zero-order chi connectivity index (χ0) is 14.5. The van der Waals surface area contributed by atoms with Crippen LogP contribution in [0.3, 0.4) is 0 Å². The van der Waals surface area contributed by atoms with E-state index in [1.165, 1.54) is 25.7 Å². The van der Waals surface area contributed by atoms with Gasteiger partial charge in [-0.1, -0.05) is 38.8 Å². The fourth-order valence-corrected chi connectivity index (χ4v) is 3.76. The van der Waals surface area contributed by atoms with Crippen LogP contribution in [-0.2, 0) is 0 Å². The van der Waals surface area contributed by atoms with Gasteiger partial charge < -0.3 is 5.32 Å². The van der Waals surface area contributed by atoms with E-state index in [-0.39, 0.29) is 11.9 Å². The molecule has 3 heteroatoms. The molecule has 0 bridgehead atoms. The molecule has 1 aliphatic rings. The summed E-state index contributed by atoms with van der Waals surface area (Å²) in [4.78, 5) is 0. The van der Waals surface area contributed by atoms with Gasteiger partial charge in [-0.3, -0.25) is 0 Å². The molecule has 1 aromatic rings. The van der Waals surface area contributed by atoms with Gasteiger partial charge in [-0.15, -0.1) is 0 Å². The maximum atomic E-state index is 14.4. The van der Waals surface area contributed by atoms with Crippen molar-refractivity contribution in [3.63, 3.8) is 0 Å². The summed E-state index contributed by atoms with van der Waals surface area (Å²) >= 11 is 3.32. The minimum absolute atomic E-state index is 0.0978. The number of hydrogen-bond acceptors (Lipinski definition) is 1. The Morgan fingerprint density at radius 3 is 2.90 bits per heavy atom. The lowest BCUT2D eigenvalue weighted by Gasteiger charge is -2.34. The lowest BCUT2D eigenvalue weighted by atomic mass is 9.76. The van der Waals surface area contributed by atoms with Crippen LogP contribution >= 0.6 is 15.9 Å². The molecule has 20 heavy (non-hydrogen) atoms. The number of hydrogen-bond donors (Lipinski definition) is 1. The van der Waals surface area contributed by atoms with E-state index in [2.05, 4.69) is 35.1 Å². The van der Waals surface area contributed by atoms with Crippen molar-refractivity contribution in [3.05, 3.63) is 34.1 Å². The Labute approximate surface area is 130 Å². The Balaban J connectivity index is 2.24. The van der Waals surface area contributed by atoms with E-state index >= 15 is 0 Å². The first-order valence-corrected chi connectivity index (χ1v) is 8.60. The Hall–Kier alpha value is -0.410. The molecule has 3 atom stereocenters. The third kappa shape index (κ3) is 3.82.